The number of halogens is 1. The average molecular weight is 443 g/mol. The zero-order valence-electron chi connectivity index (χ0n) is 17.0. The van der Waals surface area contributed by atoms with Crippen LogP contribution in [0.5, 0.6) is 0 Å². The number of nitrogens with zero attached hydrogens (tertiary/aromatic N) is 1. The van der Waals surface area contributed by atoms with Crippen molar-refractivity contribution in [2.24, 2.45) is 0 Å². The topological polar surface area (TPSA) is 66.5 Å². The Labute approximate surface area is 182 Å². The van der Waals surface area contributed by atoms with E-state index in [2.05, 4.69) is 5.32 Å². The third kappa shape index (κ3) is 5.01. The first-order chi connectivity index (χ1) is 14.2. The lowest BCUT2D eigenvalue weighted by Gasteiger charge is -2.25. The predicted molar refractivity (Wildman–Crippen MR) is 122 cm³/mol. The fourth-order valence-electron chi connectivity index (χ4n) is 3.18. The van der Waals surface area contributed by atoms with Gasteiger partial charge in [-0.1, -0.05) is 41.9 Å². The van der Waals surface area contributed by atoms with Crippen molar-refractivity contribution < 1.29 is 13.2 Å². The minimum Gasteiger partial charge on any atom is -0.324 e. The Morgan fingerprint density at radius 2 is 1.57 bits per heavy atom. The molecule has 0 aromatic heterocycles. The summed E-state index contributed by atoms with van der Waals surface area (Å²) in [6.45, 7) is 5.25. The SMILES string of the molecule is Cc1cc(C)cc(N(CC(=O)Nc2cc(Cl)ccc2C)S(=O)(=O)c2ccccc2)c1. The van der Waals surface area contributed by atoms with Crippen LogP contribution in [-0.4, -0.2) is 20.9 Å². The van der Waals surface area contributed by atoms with Crippen LogP contribution in [0.4, 0.5) is 11.4 Å². The van der Waals surface area contributed by atoms with Crippen LogP contribution in [0.1, 0.15) is 16.7 Å². The molecule has 0 unspecified atom stereocenters. The van der Waals surface area contributed by atoms with Crippen molar-refractivity contribution in [1.82, 2.24) is 0 Å². The van der Waals surface area contributed by atoms with Gasteiger partial charge in [0.15, 0.2) is 0 Å². The summed E-state index contributed by atoms with van der Waals surface area (Å²) in [5.41, 5.74) is 3.63. The number of benzene rings is 3. The fraction of sp³-hybridized carbons (Fsp3) is 0.174. The van der Waals surface area contributed by atoms with E-state index in [1.807, 2.05) is 26.8 Å². The first-order valence-corrected chi connectivity index (χ1v) is 11.2. The van der Waals surface area contributed by atoms with Crippen LogP contribution in [0.15, 0.2) is 71.6 Å². The monoisotopic (exact) mass is 442 g/mol. The number of carbonyl (C=O) groups is 1. The summed E-state index contributed by atoms with van der Waals surface area (Å²) in [4.78, 5) is 13.0. The van der Waals surface area contributed by atoms with E-state index in [0.717, 1.165) is 21.0 Å². The molecule has 0 saturated heterocycles. The Morgan fingerprint density at radius 1 is 0.933 bits per heavy atom. The van der Waals surface area contributed by atoms with E-state index >= 15 is 0 Å². The molecule has 0 aliphatic heterocycles. The van der Waals surface area contributed by atoms with Gasteiger partial charge in [-0.05, 0) is 73.9 Å². The van der Waals surface area contributed by atoms with Crippen LogP contribution >= 0.6 is 11.6 Å². The second kappa shape index (κ2) is 8.90. The van der Waals surface area contributed by atoms with Gasteiger partial charge in [-0.2, -0.15) is 0 Å². The molecule has 3 aromatic rings. The van der Waals surface area contributed by atoms with Crippen LogP contribution in [-0.2, 0) is 14.8 Å². The summed E-state index contributed by atoms with van der Waals surface area (Å²) < 4.78 is 27.9. The van der Waals surface area contributed by atoms with Gasteiger partial charge in [-0.25, -0.2) is 8.42 Å². The first kappa shape index (κ1) is 21.9. The van der Waals surface area contributed by atoms with Crippen LogP contribution in [0, 0.1) is 20.8 Å². The van der Waals surface area contributed by atoms with Gasteiger partial charge in [0.2, 0.25) is 5.91 Å². The average Bonchev–Trinajstić information content (AvgIpc) is 2.68. The molecule has 156 valence electrons. The van der Waals surface area contributed by atoms with Gasteiger partial charge in [-0.15, -0.1) is 0 Å². The molecule has 3 rings (SSSR count). The van der Waals surface area contributed by atoms with E-state index in [-0.39, 0.29) is 11.4 Å². The highest BCUT2D eigenvalue weighted by Gasteiger charge is 2.27. The normalized spacial score (nSPS) is 11.2. The Hall–Kier alpha value is -2.83. The highest BCUT2D eigenvalue weighted by Crippen LogP contribution is 2.26. The third-order valence-corrected chi connectivity index (χ3v) is 6.61. The third-order valence-electron chi connectivity index (χ3n) is 4.59. The van der Waals surface area contributed by atoms with E-state index in [0.29, 0.717) is 16.4 Å². The lowest BCUT2D eigenvalue weighted by molar-refractivity contribution is -0.114. The summed E-state index contributed by atoms with van der Waals surface area (Å²) in [5.74, 6) is -0.459. The molecule has 0 spiro atoms. The van der Waals surface area contributed by atoms with Gasteiger partial charge in [0.1, 0.15) is 6.54 Å². The molecule has 0 saturated carbocycles. The Bertz CT molecular complexity index is 1160. The van der Waals surface area contributed by atoms with E-state index < -0.39 is 15.9 Å². The molecule has 0 heterocycles. The zero-order chi connectivity index (χ0) is 21.9. The number of carbonyl (C=O) groups excluding carboxylic acids is 1. The van der Waals surface area contributed by atoms with Crippen LogP contribution < -0.4 is 9.62 Å². The molecular weight excluding hydrogens is 420 g/mol. The van der Waals surface area contributed by atoms with Gasteiger partial charge >= 0.3 is 0 Å². The number of rotatable bonds is 6. The molecule has 1 amide bonds. The molecular formula is C23H23ClN2O3S. The van der Waals surface area contributed by atoms with Gasteiger partial charge < -0.3 is 5.32 Å². The minimum absolute atomic E-state index is 0.121. The predicted octanol–water partition coefficient (Wildman–Crippen LogP) is 5.10. The van der Waals surface area contributed by atoms with Crippen molar-refractivity contribution in [2.45, 2.75) is 25.7 Å². The number of anilines is 2. The lowest BCUT2D eigenvalue weighted by atomic mass is 10.1. The Morgan fingerprint density at radius 3 is 2.20 bits per heavy atom. The number of sulfonamides is 1. The summed E-state index contributed by atoms with van der Waals surface area (Å²) in [6.07, 6.45) is 0. The van der Waals surface area contributed by atoms with Crippen molar-refractivity contribution in [3.8, 4) is 0 Å². The van der Waals surface area contributed by atoms with E-state index in [1.165, 1.54) is 12.1 Å². The highest BCUT2D eigenvalue weighted by molar-refractivity contribution is 7.92. The molecule has 0 fully saturated rings. The zero-order valence-corrected chi connectivity index (χ0v) is 18.6. The number of hydrogen-bond acceptors (Lipinski definition) is 3. The molecule has 0 aliphatic rings. The van der Waals surface area contributed by atoms with Crippen LogP contribution in [0.2, 0.25) is 5.02 Å². The second-order valence-corrected chi connectivity index (χ2v) is 9.48. The summed E-state index contributed by atoms with van der Waals surface area (Å²) in [6, 6.07) is 18.7. The Balaban J connectivity index is 1.99. The van der Waals surface area contributed by atoms with Crippen molar-refractivity contribution in [1.29, 1.82) is 0 Å². The number of aryl methyl sites for hydroxylation is 3. The molecule has 30 heavy (non-hydrogen) atoms. The van der Waals surface area contributed by atoms with Gasteiger partial charge in [0.05, 0.1) is 10.6 Å². The second-order valence-electron chi connectivity index (χ2n) is 7.18. The van der Waals surface area contributed by atoms with Gasteiger partial charge in [0.25, 0.3) is 10.0 Å². The number of nitrogens with one attached hydrogen (secondary N) is 1. The summed E-state index contributed by atoms with van der Waals surface area (Å²) in [7, 11) is -3.95. The first-order valence-electron chi connectivity index (χ1n) is 9.39. The van der Waals surface area contributed by atoms with Gasteiger partial charge in [0, 0.05) is 10.7 Å². The maximum absolute atomic E-state index is 13.4. The minimum atomic E-state index is -3.95. The Kier molecular flexibility index (Phi) is 6.48. The summed E-state index contributed by atoms with van der Waals surface area (Å²) >= 11 is 6.03. The molecule has 3 aromatic carbocycles. The number of hydrogen-bond donors (Lipinski definition) is 1. The quantitative estimate of drug-likeness (QED) is 0.577. The molecule has 0 aliphatic carbocycles. The molecule has 7 heteroatoms. The molecule has 0 atom stereocenters. The smallest absolute Gasteiger partial charge is 0.264 e. The molecule has 0 radical (unpaired) electrons. The lowest BCUT2D eigenvalue weighted by Crippen LogP contribution is -2.38. The van der Waals surface area contributed by atoms with E-state index in [1.54, 1.807) is 48.5 Å². The fourth-order valence-corrected chi connectivity index (χ4v) is 4.78. The van der Waals surface area contributed by atoms with Gasteiger partial charge in [-0.3, -0.25) is 9.10 Å². The van der Waals surface area contributed by atoms with Crippen molar-refractivity contribution >= 4 is 38.9 Å². The van der Waals surface area contributed by atoms with Crippen molar-refractivity contribution in [2.75, 3.05) is 16.2 Å². The largest absolute Gasteiger partial charge is 0.324 e. The standard InChI is InChI=1S/C23H23ClN2O3S/c1-16-11-17(2)13-20(12-16)26(30(28,29)21-7-5-4-6-8-21)15-23(27)25-22-14-19(24)10-9-18(22)3/h4-14H,15H2,1-3H3,(H,25,27). The molecule has 0 bridgehead atoms. The summed E-state index contributed by atoms with van der Waals surface area (Å²) in [5, 5.41) is 3.26. The number of amides is 1. The maximum Gasteiger partial charge on any atom is 0.264 e. The van der Waals surface area contributed by atoms with E-state index in [4.69, 9.17) is 11.6 Å². The maximum atomic E-state index is 13.4. The van der Waals surface area contributed by atoms with Crippen molar-refractivity contribution in [3.05, 3.63) is 88.4 Å². The highest BCUT2D eigenvalue weighted by atomic mass is 35.5. The molecule has 1 N–H and O–H groups in total. The van der Waals surface area contributed by atoms with E-state index in [9.17, 15) is 13.2 Å². The molecule has 5 nitrogen and oxygen atoms in total. The van der Waals surface area contributed by atoms with Crippen LogP contribution in [0.3, 0.4) is 0 Å². The van der Waals surface area contributed by atoms with Crippen molar-refractivity contribution in [3.63, 3.8) is 0 Å². The van der Waals surface area contributed by atoms with Crippen LogP contribution in [0.25, 0.3) is 0 Å².